The van der Waals surface area contributed by atoms with Gasteiger partial charge in [0.25, 0.3) is 5.91 Å². The van der Waals surface area contributed by atoms with E-state index < -0.39 is 5.54 Å². The molecule has 0 unspecified atom stereocenters. The molecule has 1 fully saturated rings. The average Bonchev–Trinajstić information content (AvgIpc) is 2.98. The Hall–Kier alpha value is -1.98. The molecule has 4 N–H and O–H groups in total. The maximum Gasteiger partial charge on any atom is 0.287 e. The van der Waals surface area contributed by atoms with Gasteiger partial charge in [-0.3, -0.25) is 4.79 Å². The van der Waals surface area contributed by atoms with E-state index in [1.54, 1.807) is 12.1 Å². The topological polar surface area (TPSA) is 101 Å². The van der Waals surface area contributed by atoms with Crippen molar-refractivity contribution in [1.82, 2.24) is 5.32 Å². The molecule has 0 atom stereocenters. The minimum atomic E-state index is -0.780. The molecule has 1 amide bonds. The molecule has 1 aliphatic rings. The average molecular weight is 293 g/mol. The minimum Gasteiger partial charge on any atom is -0.456 e. The maximum absolute atomic E-state index is 12.4. The van der Waals surface area contributed by atoms with Crippen LogP contribution < -0.4 is 11.1 Å². The van der Waals surface area contributed by atoms with Crippen LogP contribution in [0.4, 0.5) is 0 Å². The summed E-state index contributed by atoms with van der Waals surface area (Å²) < 4.78 is 5.46. The summed E-state index contributed by atoms with van der Waals surface area (Å²) in [6, 6.07) is 3.44. The summed E-state index contributed by atoms with van der Waals surface area (Å²) in [5.41, 5.74) is 5.06. The standard InChI is InChI=1S/C15H23N3O3/c1-3-11-4-5-12(21-11)13(19)17-15(14(16)18-20)8-6-10(2)7-9-15/h4-5,10,20H,3,6-9H2,1-2H3,(H2,16,18)(H,17,19). The fraction of sp³-hybridized carbons (Fsp3) is 0.600. The molecular weight excluding hydrogens is 270 g/mol. The third kappa shape index (κ3) is 3.20. The van der Waals surface area contributed by atoms with Crippen LogP contribution in [0.15, 0.2) is 21.7 Å². The summed E-state index contributed by atoms with van der Waals surface area (Å²) in [4.78, 5) is 12.4. The lowest BCUT2D eigenvalue weighted by Crippen LogP contribution is -2.59. The zero-order valence-electron chi connectivity index (χ0n) is 12.6. The summed E-state index contributed by atoms with van der Waals surface area (Å²) in [5, 5.41) is 15.1. The summed E-state index contributed by atoms with van der Waals surface area (Å²) >= 11 is 0. The molecule has 0 bridgehead atoms. The third-order valence-corrected chi connectivity index (χ3v) is 4.31. The number of aryl methyl sites for hydroxylation is 1. The minimum absolute atomic E-state index is 0.0602. The summed E-state index contributed by atoms with van der Waals surface area (Å²) in [6.07, 6.45) is 3.91. The van der Waals surface area contributed by atoms with Gasteiger partial charge >= 0.3 is 0 Å². The van der Waals surface area contributed by atoms with Gasteiger partial charge in [0.2, 0.25) is 0 Å². The third-order valence-electron chi connectivity index (χ3n) is 4.31. The molecule has 6 nitrogen and oxygen atoms in total. The molecular formula is C15H23N3O3. The van der Waals surface area contributed by atoms with Gasteiger partial charge in [-0.2, -0.15) is 0 Å². The number of amides is 1. The van der Waals surface area contributed by atoms with Crippen LogP contribution in [0.25, 0.3) is 0 Å². The van der Waals surface area contributed by atoms with Gasteiger partial charge in [-0.05, 0) is 43.7 Å². The van der Waals surface area contributed by atoms with Gasteiger partial charge in [0.15, 0.2) is 11.6 Å². The van der Waals surface area contributed by atoms with Crippen molar-refractivity contribution in [3.05, 3.63) is 23.7 Å². The van der Waals surface area contributed by atoms with E-state index >= 15 is 0 Å². The lowest BCUT2D eigenvalue weighted by Gasteiger charge is -2.38. The Morgan fingerprint density at radius 2 is 2.19 bits per heavy atom. The second-order valence-electron chi connectivity index (χ2n) is 5.82. The molecule has 0 aliphatic heterocycles. The fourth-order valence-corrected chi connectivity index (χ4v) is 2.76. The summed E-state index contributed by atoms with van der Waals surface area (Å²) in [5.74, 6) is 1.34. The van der Waals surface area contributed by atoms with Crippen molar-refractivity contribution in [2.75, 3.05) is 0 Å². The van der Waals surface area contributed by atoms with Crippen molar-refractivity contribution in [3.8, 4) is 0 Å². The van der Waals surface area contributed by atoms with Crippen molar-refractivity contribution in [1.29, 1.82) is 0 Å². The van der Waals surface area contributed by atoms with Gasteiger partial charge in [0, 0.05) is 6.42 Å². The molecule has 1 aromatic heterocycles. The molecule has 0 aromatic carbocycles. The Balaban J connectivity index is 2.17. The zero-order chi connectivity index (χ0) is 15.5. The Kier molecular flexibility index (Phi) is 4.55. The number of hydrogen-bond acceptors (Lipinski definition) is 4. The number of carbonyl (C=O) groups excluding carboxylic acids is 1. The van der Waals surface area contributed by atoms with E-state index in [0.717, 1.165) is 25.0 Å². The van der Waals surface area contributed by atoms with Gasteiger partial charge in [0.05, 0.1) is 0 Å². The van der Waals surface area contributed by atoms with Crippen LogP contribution in [0.5, 0.6) is 0 Å². The van der Waals surface area contributed by atoms with Crippen molar-refractivity contribution in [2.45, 2.75) is 51.5 Å². The highest BCUT2D eigenvalue weighted by atomic mass is 16.4. The Bertz CT molecular complexity index is 528. The molecule has 1 saturated carbocycles. The highest BCUT2D eigenvalue weighted by Gasteiger charge is 2.40. The first kappa shape index (κ1) is 15.4. The number of rotatable bonds is 4. The zero-order valence-corrected chi connectivity index (χ0v) is 12.6. The Labute approximate surface area is 124 Å². The predicted octanol–water partition coefficient (Wildman–Crippen LogP) is 2.27. The second kappa shape index (κ2) is 6.20. The first-order chi connectivity index (χ1) is 10.0. The fourth-order valence-electron chi connectivity index (χ4n) is 2.76. The van der Waals surface area contributed by atoms with Crippen LogP contribution in [-0.2, 0) is 6.42 Å². The van der Waals surface area contributed by atoms with Gasteiger partial charge in [0.1, 0.15) is 11.3 Å². The van der Waals surface area contributed by atoms with Crippen LogP contribution in [0.1, 0.15) is 55.8 Å². The van der Waals surface area contributed by atoms with Crippen LogP contribution in [0.2, 0.25) is 0 Å². The highest BCUT2D eigenvalue weighted by molar-refractivity contribution is 5.98. The quantitative estimate of drug-likeness (QED) is 0.343. The molecule has 2 rings (SSSR count). The molecule has 1 aliphatic carbocycles. The van der Waals surface area contributed by atoms with E-state index in [1.807, 2.05) is 6.92 Å². The van der Waals surface area contributed by atoms with Crippen molar-refractivity contribution in [3.63, 3.8) is 0 Å². The number of nitrogens with two attached hydrogens (primary N) is 1. The first-order valence-electron chi connectivity index (χ1n) is 7.40. The van der Waals surface area contributed by atoms with Crippen LogP contribution in [0, 0.1) is 5.92 Å². The first-order valence-corrected chi connectivity index (χ1v) is 7.40. The molecule has 21 heavy (non-hydrogen) atoms. The van der Waals surface area contributed by atoms with Gasteiger partial charge in [-0.1, -0.05) is 19.0 Å². The number of hydrogen-bond donors (Lipinski definition) is 3. The lowest BCUT2D eigenvalue weighted by molar-refractivity contribution is 0.0867. The van der Waals surface area contributed by atoms with Crippen LogP contribution >= 0.6 is 0 Å². The van der Waals surface area contributed by atoms with E-state index in [4.69, 9.17) is 15.4 Å². The molecule has 116 valence electrons. The molecule has 1 heterocycles. The largest absolute Gasteiger partial charge is 0.456 e. The smallest absolute Gasteiger partial charge is 0.287 e. The number of carbonyl (C=O) groups is 1. The lowest BCUT2D eigenvalue weighted by atomic mass is 9.76. The van der Waals surface area contributed by atoms with Crippen molar-refractivity contribution in [2.24, 2.45) is 16.8 Å². The number of oxime groups is 1. The van der Waals surface area contributed by atoms with Crippen LogP contribution in [0.3, 0.4) is 0 Å². The second-order valence-corrected chi connectivity index (χ2v) is 5.82. The van der Waals surface area contributed by atoms with E-state index in [9.17, 15) is 4.79 Å². The number of furan rings is 1. The Morgan fingerprint density at radius 1 is 1.52 bits per heavy atom. The van der Waals surface area contributed by atoms with Crippen molar-refractivity contribution < 1.29 is 14.4 Å². The number of amidine groups is 1. The molecule has 6 heteroatoms. The molecule has 1 aromatic rings. The molecule has 0 radical (unpaired) electrons. The maximum atomic E-state index is 12.4. The number of nitrogens with one attached hydrogen (secondary N) is 1. The van der Waals surface area contributed by atoms with E-state index in [0.29, 0.717) is 18.8 Å². The normalized spacial score (nSPS) is 26.6. The monoisotopic (exact) mass is 293 g/mol. The molecule has 0 saturated heterocycles. The predicted molar refractivity (Wildman–Crippen MR) is 79.3 cm³/mol. The SMILES string of the molecule is CCc1ccc(C(=O)NC2(C(N)=NO)CCC(C)CC2)o1. The van der Waals surface area contributed by atoms with Crippen LogP contribution in [-0.4, -0.2) is 22.5 Å². The van der Waals surface area contributed by atoms with Gasteiger partial charge in [-0.15, -0.1) is 0 Å². The van der Waals surface area contributed by atoms with E-state index in [-0.39, 0.29) is 17.5 Å². The van der Waals surface area contributed by atoms with E-state index in [1.165, 1.54) is 0 Å². The summed E-state index contributed by atoms with van der Waals surface area (Å²) in [6.45, 7) is 4.12. The number of nitrogens with zero attached hydrogens (tertiary/aromatic N) is 1. The van der Waals surface area contributed by atoms with Gasteiger partial charge in [-0.25, -0.2) is 0 Å². The van der Waals surface area contributed by atoms with E-state index in [2.05, 4.69) is 17.4 Å². The molecule has 0 spiro atoms. The Morgan fingerprint density at radius 3 is 2.71 bits per heavy atom. The summed E-state index contributed by atoms with van der Waals surface area (Å²) in [7, 11) is 0. The van der Waals surface area contributed by atoms with Crippen molar-refractivity contribution >= 4 is 11.7 Å². The van der Waals surface area contributed by atoms with Gasteiger partial charge < -0.3 is 20.7 Å². The highest BCUT2D eigenvalue weighted by Crippen LogP contribution is 2.32.